The number of alkyl halides is 3. The van der Waals surface area contributed by atoms with Crippen LogP contribution in [0.3, 0.4) is 0 Å². The highest BCUT2D eigenvalue weighted by Crippen LogP contribution is 2.40. The molecule has 0 aromatic heterocycles. The van der Waals surface area contributed by atoms with Gasteiger partial charge in [0, 0.05) is 31.7 Å². The number of carbonyl (C=O) groups is 3. The van der Waals surface area contributed by atoms with Crippen molar-refractivity contribution in [1.29, 1.82) is 0 Å². The summed E-state index contributed by atoms with van der Waals surface area (Å²) >= 11 is 0. The second-order valence-corrected chi connectivity index (χ2v) is 11.5. The van der Waals surface area contributed by atoms with Crippen LogP contribution < -0.4 is 0 Å². The maximum Gasteiger partial charge on any atom is 0.416 e. The molecule has 2 atom stereocenters. The Kier molecular flexibility index (Phi) is 10.8. The van der Waals surface area contributed by atoms with Crippen LogP contribution in [0.25, 0.3) is 11.1 Å². The van der Waals surface area contributed by atoms with Crippen LogP contribution in [0, 0.1) is 0 Å². The zero-order valence-corrected chi connectivity index (χ0v) is 26.2. The fourth-order valence-electron chi connectivity index (χ4n) is 6.20. The smallest absolute Gasteiger partial charge is 0.416 e. The fraction of sp³-hybridized carbons (Fsp3) is 0.289. The molecule has 1 heterocycles. The number of hydrogen-bond donors (Lipinski definition) is 0. The lowest BCUT2D eigenvalue weighted by Crippen LogP contribution is -2.52. The third-order valence-corrected chi connectivity index (χ3v) is 8.59. The van der Waals surface area contributed by atoms with Crippen molar-refractivity contribution in [3.05, 3.63) is 131 Å². The third-order valence-electron chi connectivity index (χ3n) is 8.59. The van der Waals surface area contributed by atoms with Crippen LogP contribution in [-0.2, 0) is 20.5 Å². The number of ether oxygens (including phenoxy) is 1. The number of nitrogens with zero attached hydrogens (tertiary/aromatic N) is 2. The minimum atomic E-state index is -4.44. The van der Waals surface area contributed by atoms with Crippen molar-refractivity contribution < 1.29 is 32.3 Å². The maximum atomic E-state index is 13.6. The molecule has 9 heteroatoms. The van der Waals surface area contributed by atoms with Gasteiger partial charge in [0.2, 0.25) is 5.91 Å². The standard InChI is InChI=1S/C32H31F3N2O4.C6H6/c1-2-41-31(40)28-16-15-27(24-8-4-5-9-25(24)28)30(39)37-19-17-36(18-20-37)29(38)26-10-6-3-7-23(26)21-11-13-22(14-12-21)32(33,34)35;1-2-4-6-5-3-1/h3-14,27-28H,2,15-20H2,1H3;1-6H/t27-,28+;/m0./s1. The lowest BCUT2D eigenvalue weighted by Gasteiger charge is -2.38. The van der Waals surface area contributed by atoms with Crippen molar-refractivity contribution in [2.45, 2.75) is 37.8 Å². The van der Waals surface area contributed by atoms with Crippen LogP contribution in [-0.4, -0.2) is 60.4 Å². The first kappa shape index (κ1) is 33.4. The van der Waals surface area contributed by atoms with E-state index in [1.807, 2.05) is 60.7 Å². The van der Waals surface area contributed by atoms with Gasteiger partial charge in [-0.2, -0.15) is 13.2 Å². The molecule has 0 spiro atoms. The van der Waals surface area contributed by atoms with Crippen molar-refractivity contribution in [2.24, 2.45) is 0 Å². The van der Waals surface area contributed by atoms with E-state index in [4.69, 9.17) is 4.74 Å². The van der Waals surface area contributed by atoms with Gasteiger partial charge in [-0.25, -0.2) is 0 Å². The predicted octanol–water partition coefficient (Wildman–Crippen LogP) is 7.57. The number of rotatable bonds is 5. The lowest BCUT2D eigenvalue weighted by atomic mass is 9.76. The van der Waals surface area contributed by atoms with E-state index >= 15 is 0 Å². The molecule has 244 valence electrons. The maximum absolute atomic E-state index is 13.6. The zero-order chi connectivity index (χ0) is 33.4. The molecule has 0 saturated carbocycles. The number of benzene rings is 4. The van der Waals surface area contributed by atoms with Crippen LogP contribution in [0.5, 0.6) is 0 Å². The summed E-state index contributed by atoms with van der Waals surface area (Å²) in [5, 5.41) is 0. The Balaban J connectivity index is 0.000000650. The average Bonchev–Trinajstić information content (AvgIpc) is 3.11. The Morgan fingerprint density at radius 2 is 1.19 bits per heavy atom. The zero-order valence-electron chi connectivity index (χ0n) is 26.2. The van der Waals surface area contributed by atoms with E-state index in [2.05, 4.69) is 0 Å². The molecule has 2 amide bonds. The molecule has 0 N–H and O–H groups in total. The van der Waals surface area contributed by atoms with Crippen molar-refractivity contribution in [3.63, 3.8) is 0 Å². The molecule has 47 heavy (non-hydrogen) atoms. The number of piperazine rings is 1. The Bertz CT molecular complexity index is 1640. The highest BCUT2D eigenvalue weighted by atomic mass is 19.4. The Morgan fingerprint density at radius 3 is 1.77 bits per heavy atom. The van der Waals surface area contributed by atoms with E-state index in [1.54, 1.807) is 41.0 Å². The second kappa shape index (κ2) is 15.1. The van der Waals surface area contributed by atoms with Gasteiger partial charge < -0.3 is 14.5 Å². The fourth-order valence-corrected chi connectivity index (χ4v) is 6.20. The number of hydrogen-bond acceptors (Lipinski definition) is 4. The van der Waals surface area contributed by atoms with Gasteiger partial charge in [0.15, 0.2) is 0 Å². The molecule has 6 nitrogen and oxygen atoms in total. The molecule has 4 aromatic rings. The van der Waals surface area contributed by atoms with Gasteiger partial charge >= 0.3 is 12.1 Å². The Labute approximate surface area is 272 Å². The SMILES string of the molecule is CCOC(=O)[C@@H]1CC[C@H](C(=O)N2CCN(C(=O)c3ccccc3-c3ccc(C(F)(F)F)cc3)CC2)c2ccccc21.c1ccccc1. The van der Waals surface area contributed by atoms with E-state index in [0.29, 0.717) is 62.3 Å². The van der Waals surface area contributed by atoms with Crippen LogP contribution >= 0.6 is 0 Å². The summed E-state index contributed by atoms with van der Waals surface area (Å²) in [5.41, 5.74) is 2.42. The average molecular weight is 643 g/mol. The second-order valence-electron chi connectivity index (χ2n) is 11.5. The van der Waals surface area contributed by atoms with Crippen LogP contribution in [0.2, 0.25) is 0 Å². The van der Waals surface area contributed by atoms with Crippen LogP contribution in [0.15, 0.2) is 109 Å². The number of carbonyl (C=O) groups excluding carboxylic acids is 3. The van der Waals surface area contributed by atoms with Gasteiger partial charge in [-0.3, -0.25) is 14.4 Å². The highest BCUT2D eigenvalue weighted by molar-refractivity contribution is 6.01. The van der Waals surface area contributed by atoms with Crippen molar-refractivity contribution >= 4 is 17.8 Å². The van der Waals surface area contributed by atoms with Crippen molar-refractivity contribution in [2.75, 3.05) is 32.8 Å². The summed E-state index contributed by atoms with van der Waals surface area (Å²) in [6.45, 7) is 3.49. The molecule has 4 aromatic carbocycles. The predicted molar refractivity (Wildman–Crippen MR) is 174 cm³/mol. The molecule has 1 saturated heterocycles. The van der Waals surface area contributed by atoms with Crippen molar-refractivity contribution in [3.8, 4) is 11.1 Å². The summed E-state index contributed by atoms with van der Waals surface area (Å²) in [6, 6.07) is 31.2. The summed E-state index contributed by atoms with van der Waals surface area (Å²) < 4.78 is 44.3. The normalized spacial score (nSPS) is 17.5. The molecule has 2 aliphatic rings. The molecule has 1 aliphatic carbocycles. The van der Waals surface area contributed by atoms with Gasteiger partial charge in [-0.1, -0.05) is 91.0 Å². The van der Waals surface area contributed by atoms with E-state index in [1.165, 1.54) is 12.1 Å². The third kappa shape index (κ3) is 7.91. The van der Waals surface area contributed by atoms with Gasteiger partial charge in [0.05, 0.1) is 24.0 Å². The number of esters is 1. The number of amides is 2. The number of halogens is 3. The molecular formula is C38H37F3N2O4. The van der Waals surface area contributed by atoms with Crippen LogP contribution in [0.4, 0.5) is 13.2 Å². The summed E-state index contributed by atoms with van der Waals surface area (Å²) in [4.78, 5) is 43.1. The minimum absolute atomic E-state index is 0.0167. The van der Waals surface area contributed by atoms with Crippen LogP contribution in [0.1, 0.15) is 58.6 Å². The Morgan fingerprint density at radius 1 is 0.681 bits per heavy atom. The first-order valence-corrected chi connectivity index (χ1v) is 15.8. The summed E-state index contributed by atoms with van der Waals surface area (Å²) in [7, 11) is 0. The van der Waals surface area contributed by atoms with Gasteiger partial charge in [-0.05, 0) is 60.2 Å². The number of fused-ring (bicyclic) bond motifs is 1. The van der Waals surface area contributed by atoms with E-state index in [-0.39, 0.29) is 29.6 Å². The Hall–Kier alpha value is -4.92. The monoisotopic (exact) mass is 642 g/mol. The molecule has 6 rings (SSSR count). The van der Waals surface area contributed by atoms with E-state index in [9.17, 15) is 27.6 Å². The summed E-state index contributed by atoms with van der Waals surface area (Å²) in [6.07, 6.45) is -3.36. The quantitative estimate of drug-likeness (QED) is 0.211. The molecule has 0 unspecified atom stereocenters. The van der Waals surface area contributed by atoms with Gasteiger partial charge in [0.1, 0.15) is 0 Å². The summed E-state index contributed by atoms with van der Waals surface area (Å²) in [5.74, 6) is -1.26. The van der Waals surface area contributed by atoms with Crippen molar-refractivity contribution in [1.82, 2.24) is 9.80 Å². The van der Waals surface area contributed by atoms with E-state index in [0.717, 1.165) is 23.3 Å². The molecule has 1 aliphatic heterocycles. The molecule has 0 bridgehead atoms. The highest BCUT2D eigenvalue weighted by Gasteiger charge is 2.38. The molecule has 0 radical (unpaired) electrons. The topological polar surface area (TPSA) is 66.9 Å². The minimum Gasteiger partial charge on any atom is -0.466 e. The largest absolute Gasteiger partial charge is 0.466 e. The first-order chi connectivity index (χ1) is 22.7. The molecular weight excluding hydrogens is 605 g/mol. The van der Waals surface area contributed by atoms with Gasteiger partial charge in [-0.15, -0.1) is 0 Å². The first-order valence-electron chi connectivity index (χ1n) is 15.8. The van der Waals surface area contributed by atoms with E-state index < -0.39 is 11.7 Å². The van der Waals surface area contributed by atoms with Gasteiger partial charge in [0.25, 0.3) is 5.91 Å². The lowest BCUT2D eigenvalue weighted by molar-refractivity contribution is -0.146. The molecule has 1 fully saturated rings.